The molecule has 0 aliphatic heterocycles. The summed E-state index contributed by atoms with van der Waals surface area (Å²) in [4.78, 5) is 16.4. The average molecular weight is 315 g/mol. The van der Waals surface area contributed by atoms with Crippen molar-refractivity contribution in [2.24, 2.45) is 0 Å². The third-order valence-electron chi connectivity index (χ3n) is 3.33. The second kappa shape index (κ2) is 6.20. The van der Waals surface area contributed by atoms with E-state index in [1.54, 1.807) is 6.92 Å². The Hall–Kier alpha value is -2.33. The molecule has 0 bridgehead atoms. The molecule has 0 unspecified atom stereocenters. The Bertz CT molecular complexity index is 826. The summed E-state index contributed by atoms with van der Waals surface area (Å²) >= 11 is 5.94. The number of rotatable bonds is 4. The largest absolute Gasteiger partial charge is 0.439 e. The minimum atomic E-state index is -0.0680. The number of carbonyl (C=O) groups excluding carboxylic acids is 1. The second-order valence-electron chi connectivity index (χ2n) is 5.06. The molecule has 112 valence electrons. The Morgan fingerprint density at radius 3 is 2.91 bits per heavy atom. The maximum Gasteiger partial charge on any atom is 0.224 e. The number of hydrogen-bond donors (Lipinski definition) is 1. The van der Waals surface area contributed by atoms with Crippen LogP contribution in [0.15, 0.2) is 46.9 Å². The van der Waals surface area contributed by atoms with Crippen molar-refractivity contribution >= 4 is 34.3 Å². The van der Waals surface area contributed by atoms with Crippen LogP contribution in [0, 0.1) is 6.92 Å². The van der Waals surface area contributed by atoms with E-state index in [-0.39, 0.29) is 5.91 Å². The van der Waals surface area contributed by atoms with E-state index in [9.17, 15) is 4.79 Å². The molecule has 0 saturated carbocycles. The Kier molecular flexibility index (Phi) is 4.11. The zero-order valence-corrected chi connectivity index (χ0v) is 12.9. The van der Waals surface area contributed by atoms with Gasteiger partial charge in [-0.25, -0.2) is 4.98 Å². The maximum atomic E-state index is 12.1. The third-order valence-corrected chi connectivity index (χ3v) is 3.56. The molecule has 0 fully saturated rings. The number of anilines is 1. The summed E-state index contributed by atoms with van der Waals surface area (Å²) in [7, 11) is 0. The summed E-state index contributed by atoms with van der Waals surface area (Å²) in [6.07, 6.45) is 1.02. The Labute approximate surface area is 133 Å². The number of benzene rings is 2. The number of fused-ring (bicyclic) bond motifs is 1. The Morgan fingerprint density at radius 2 is 2.09 bits per heavy atom. The molecule has 22 heavy (non-hydrogen) atoms. The highest BCUT2D eigenvalue weighted by Crippen LogP contribution is 2.24. The van der Waals surface area contributed by atoms with Gasteiger partial charge in [-0.3, -0.25) is 4.79 Å². The number of nitrogens with one attached hydrogen (secondary N) is 1. The van der Waals surface area contributed by atoms with Crippen molar-refractivity contribution in [3.8, 4) is 0 Å². The fourth-order valence-electron chi connectivity index (χ4n) is 2.32. The number of oxazole rings is 1. The molecule has 1 heterocycles. The Morgan fingerprint density at radius 1 is 1.27 bits per heavy atom. The van der Waals surface area contributed by atoms with Crippen LogP contribution < -0.4 is 5.32 Å². The molecular weight excluding hydrogens is 300 g/mol. The quantitative estimate of drug-likeness (QED) is 0.778. The van der Waals surface area contributed by atoms with Crippen molar-refractivity contribution in [3.63, 3.8) is 0 Å². The number of para-hydroxylation sites is 1. The average Bonchev–Trinajstić information content (AvgIpc) is 2.87. The van der Waals surface area contributed by atoms with E-state index < -0.39 is 0 Å². The minimum absolute atomic E-state index is 0.0680. The first-order valence-electron chi connectivity index (χ1n) is 7.02. The zero-order chi connectivity index (χ0) is 15.5. The molecule has 3 aromatic rings. The van der Waals surface area contributed by atoms with Crippen LogP contribution in [0.25, 0.3) is 11.1 Å². The standard InChI is InChI=1S/C17H15ClN2O2/c1-11-19-14-6-3-7-15(17(14)22-11)20-16(21)9-8-12-4-2-5-13(18)10-12/h2-7,10H,8-9H2,1H3,(H,20,21). The molecule has 2 aromatic carbocycles. The van der Waals surface area contributed by atoms with Gasteiger partial charge in [-0.15, -0.1) is 0 Å². The third kappa shape index (κ3) is 3.28. The van der Waals surface area contributed by atoms with E-state index in [1.165, 1.54) is 0 Å². The second-order valence-corrected chi connectivity index (χ2v) is 5.50. The SMILES string of the molecule is Cc1nc2cccc(NC(=O)CCc3cccc(Cl)c3)c2o1. The first-order valence-corrected chi connectivity index (χ1v) is 7.40. The molecule has 0 aliphatic carbocycles. The number of aromatic nitrogens is 1. The predicted molar refractivity (Wildman–Crippen MR) is 87.1 cm³/mol. The highest BCUT2D eigenvalue weighted by atomic mass is 35.5. The number of aryl methyl sites for hydroxylation is 2. The van der Waals surface area contributed by atoms with Crippen molar-refractivity contribution < 1.29 is 9.21 Å². The van der Waals surface area contributed by atoms with Crippen molar-refractivity contribution in [1.29, 1.82) is 0 Å². The molecular formula is C17H15ClN2O2. The minimum Gasteiger partial charge on any atom is -0.439 e. The van der Waals surface area contributed by atoms with Crippen LogP contribution in [0.1, 0.15) is 17.9 Å². The van der Waals surface area contributed by atoms with Crippen molar-refractivity contribution in [1.82, 2.24) is 4.98 Å². The molecule has 0 radical (unpaired) electrons. The van der Waals surface area contributed by atoms with Gasteiger partial charge in [0.05, 0.1) is 5.69 Å². The molecule has 0 saturated heterocycles. The highest BCUT2D eigenvalue weighted by Gasteiger charge is 2.10. The highest BCUT2D eigenvalue weighted by molar-refractivity contribution is 6.30. The van der Waals surface area contributed by atoms with E-state index in [0.717, 1.165) is 11.1 Å². The number of nitrogens with zero attached hydrogens (tertiary/aromatic N) is 1. The van der Waals surface area contributed by atoms with Crippen molar-refractivity contribution in [2.45, 2.75) is 19.8 Å². The topological polar surface area (TPSA) is 55.1 Å². The van der Waals surface area contributed by atoms with E-state index in [4.69, 9.17) is 16.0 Å². The fraction of sp³-hybridized carbons (Fsp3) is 0.176. The summed E-state index contributed by atoms with van der Waals surface area (Å²) in [5.74, 6) is 0.511. The maximum absolute atomic E-state index is 12.1. The van der Waals surface area contributed by atoms with Crippen molar-refractivity contribution in [2.75, 3.05) is 5.32 Å². The van der Waals surface area contributed by atoms with Crippen LogP contribution in [0.5, 0.6) is 0 Å². The van der Waals surface area contributed by atoms with Gasteiger partial charge in [0.25, 0.3) is 0 Å². The molecule has 0 atom stereocenters. The molecule has 1 N–H and O–H groups in total. The summed E-state index contributed by atoms with van der Waals surface area (Å²) < 4.78 is 5.54. The molecule has 1 aromatic heterocycles. The molecule has 1 amide bonds. The predicted octanol–water partition coefficient (Wildman–Crippen LogP) is 4.36. The van der Waals surface area contributed by atoms with Gasteiger partial charge in [0.15, 0.2) is 11.5 Å². The van der Waals surface area contributed by atoms with Gasteiger partial charge in [-0.05, 0) is 36.2 Å². The molecule has 3 rings (SSSR count). The van der Waals surface area contributed by atoms with E-state index in [1.807, 2.05) is 42.5 Å². The number of amides is 1. The fourth-order valence-corrected chi connectivity index (χ4v) is 2.53. The van der Waals surface area contributed by atoms with Gasteiger partial charge in [-0.2, -0.15) is 0 Å². The lowest BCUT2D eigenvalue weighted by Gasteiger charge is -2.06. The monoisotopic (exact) mass is 314 g/mol. The van der Waals surface area contributed by atoms with Gasteiger partial charge >= 0.3 is 0 Å². The number of halogens is 1. The normalized spacial score (nSPS) is 10.8. The first kappa shape index (κ1) is 14.6. The van der Waals surface area contributed by atoms with Gasteiger partial charge < -0.3 is 9.73 Å². The molecule has 0 spiro atoms. The number of hydrogen-bond acceptors (Lipinski definition) is 3. The number of carbonyl (C=O) groups is 1. The van der Waals surface area contributed by atoms with Crippen LogP contribution in [-0.4, -0.2) is 10.9 Å². The first-order chi connectivity index (χ1) is 10.6. The lowest BCUT2D eigenvalue weighted by atomic mass is 10.1. The van der Waals surface area contributed by atoms with Crippen LogP contribution in [0.4, 0.5) is 5.69 Å². The molecule has 4 nitrogen and oxygen atoms in total. The van der Waals surface area contributed by atoms with Crippen LogP contribution in [-0.2, 0) is 11.2 Å². The van der Waals surface area contributed by atoms with Crippen molar-refractivity contribution in [3.05, 3.63) is 58.9 Å². The van der Waals surface area contributed by atoms with Gasteiger partial charge in [0, 0.05) is 18.4 Å². The zero-order valence-electron chi connectivity index (χ0n) is 12.1. The van der Waals surface area contributed by atoms with Gasteiger partial charge in [-0.1, -0.05) is 29.8 Å². The Balaban J connectivity index is 1.68. The summed E-state index contributed by atoms with van der Waals surface area (Å²) in [6, 6.07) is 13.0. The van der Waals surface area contributed by atoms with Gasteiger partial charge in [0.2, 0.25) is 5.91 Å². The van der Waals surface area contributed by atoms with Crippen LogP contribution in [0.2, 0.25) is 5.02 Å². The van der Waals surface area contributed by atoms with Gasteiger partial charge in [0.1, 0.15) is 5.52 Å². The summed E-state index contributed by atoms with van der Waals surface area (Å²) in [6.45, 7) is 1.78. The van der Waals surface area contributed by atoms with E-state index >= 15 is 0 Å². The van der Waals surface area contributed by atoms with Crippen LogP contribution >= 0.6 is 11.6 Å². The van der Waals surface area contributed by atoms with E-state index in [0.29, 0.717) is 35.0 Å². The van der Waals surface area contributed by atoms with E-state index in [2.05, 4.69) is 10.3 Å². The van der Waals surface area contributed by atoms with Crippen LogP contribution in [0.3, 0.4) is 0 Å². The molecule has 0 aliphatic rings. The lowest BCUT2D eigenvalue weighted by Crippen LogP contribution is -2.12. The molecule has 5 heteroatoms. The summed E-state index contributed by atoms with van der Waals surface area (Å²) in [5.41, 5.74) is 3.03. The lowest BCUT2D eigenvalue weighted by molar-refractivity contribution is -0.116. The summed E-state index contributed by atoms with van der Waals surface area (Å²) in [5, 5.41) is 3.56. The smallest absolute Gasteiger partial charge is 0.224 e.